The molecule has 10 heteroatoms. The molecule has 0 fully saturated rings. The minimum absolute atomic E-state index is 0.000932. The second-order valence-electron chi connectivity index (χ2n) is 8.02. The lowest BCUT2D eigenvalue weighted by molar-refractivity contribution is 0.0983. The quantitative estimate of drug-likeness (QED) is 0.513. The first-order valence-electron chi connectivity index (χ1n) is 10.2. The van der Waals surface area contributed by atoms with Gasteiger partial charge in [-0.1, -0.05) is 11.6 Å². The van der Waals surface area contributed by atoms with Gasteiger partial charge in [0, 0.05) is 36.3 Å². The Morgan fingerprint density at radius 2 is 1.76 bits per heavy atom. The highest BCUT2D eigenvalue weighted by Crippen LogP contribution is 2.41. The Labute approximate surface area is 191 Å². The molecule has 1 amide bonds. The van der Waals surface area contributed by atoms with E-state index in [4.69, 9.17) is 11.6 Å². The van der Waals surface area contributed by atoms with Gasteiger partial charge in [-0.25, -0.2) is 13.2 Å². The average molecular weight is 475 g/mol. The Bertz CT molecular complexity index is 1370. The van der Waals surface area contributed by atoms with Gasteiger partial charge in [0.1, 0.15) is 12.5 Å². The number of pyridine rings is 1. The number of anilines is 3. The van der Waals surface area contributed by atoms with Crippen molar-refractivity contribution >= 4 is 34.6 Å². The molecule has 3 aromatic rings. The van der Waals surface area contributed by atoms with E-state index in [1.165, 1.54) is 17.0 Å². The fourth-order valence-corrected chi connectivity index (χ4v) is 4.43. The molecule has 5 rings (SSSR count). The van der Waals surface area contributed by atoms with Crippen molar-refractivity contribution in [1.82, 2.24) is 10.3 Å². The molecule has 3 heterocycles. The van der Waals surface area contributed by atoms with E-state index in [9.17, 15) is 22.8 Å². The Balaban J connectivity index is 1.81. The molecule has 33 heavy (non-hydrogen) atoms. The van der Waals surface area contributed by atoms with Crippen LogP contribution in [0.4, 0.5) is 30.2 Å². The molecule has 6 nitrogen and oxygen atoms in total. The van der Waals surface area contributed by atoms with Crippen LogP contribution in [0.2, 0.25) is 5.02 Å². The molecule has 2 aromatic carbocycles. The number of fused-ring (bicyclic) bond motifs is 8. The maximum absolute atomic E-state index is 14.9. The summed E-state index contributed by atoms with van der Waals surface area (Å²) in [5.74, 6) is -3.30. The second-order valence-corrected chi connectivity index (χ2v) is 8.42. The number of carbonyl (C=O) groups is 1. The molecule has 0 atom stereocenters. The fraction of sp³-hybridized carbons (Fsp3) is 0.217. The van der Waals surface area contributed by atoms with Crippen LogP contribution in [0, 0.1) is 24.4 Å². The molecule has 0 radical (unpaired) electrons. The number of halogens is 4. The maximum Gasteiger partial charge on any atom is 0.262 e. The summed E-state index contributed by atoms with van der Waals surface area (Å²) in [6.45, 7) is 1.87. The highest BCUT2D eigenvalue weighted by molar-refractivity contribution is 6.31. The van der Waals surface area contributed by atoms with Gasteiger partial charge in [-0.2, -0.15) is 0 Å². The third-order valence-electron chi connectivity index (χ3n) is 5.98. The van der Waals surface area contributed by atoms with E-state index in [-0.39, 0.29) is 40.6 Å². The molecule has 0 aliphatic carbocycles. The van der Waals surface area contributed by atoms with Crippen LogP contribution in [-0.2, 0) is 13.0 Å². The summed E-state index contributed by atoms with van der Waals surface area (Å²) < 4.78 is 43.4. The first kappa shape index (κ1) is 21.5. The van der Waals surface area contributed by atoms with Crippen molar-refractivity contribution in [2.45, 2.75) is 19.9 Å². The molecule has 2 aliphatic rings. The third-order valence-corrected chi connectivity index (χ3v) is 6.27. The average Bonchev–Trinajstić information content (AvgIpc) is 2.80. The predicted molar refractivity (Wildman–Crippen MR) is 119 cm³/mol. The molecular weight excluding hydrogens is 457 g/mol. The number of aromatic nitrogens is 1. The summed E-state index contributed by atoms with van der Waals surface area (Å²) in [5, 5.41) is 2.87. The van der Waals surface area contributed by atoms with Gasteiger partial charge in [-0.15, -0.1) is 0 Å². The van der Waals surface area contributed by atoms with Crippen molar-refractivity contribution in [3.05, 3.63) is 85.5 Å². The largest absolute Gasteiger partial charge is 0.324 e. The lowest BCUT2D eigenvalue weighted by atomic mass is 10.0. The van der Waals surface area contributed by atoms with Crippen LogP contribution < -0.4 is 20.7 Å². The van der Waals surface area contributed by atoms with Gasteiger partial charge in [-0.05, 0) is 37.3 Å². The smallest absolute Gasteiger partial charge is 0.262 e. The fourth-order valence-electron chi connectivity index (χ4n) is 4.27. The Morgan fingerprint density at radius 1 is 0.970 bits per heavy atom. The molecule has 2 bridgehead atoms. The zero-order valence-corrected chi connectivity index (χ0v) is 18.2. The zero-order valence-electron chi connectivity index (χ0n) is 17.4. The zero-order chi connectivity index (χ0) is 23.4. The van der Waals surface area contributed by atoms with Crippen LogP contribution in [0.25, 0.3) is 0 Å². The predicted octanol–water partition coefficient (Wildman–Crippen LogP) is 4.16. The molecule has 0 saturated heterocycles. The van der Waals surface area contributed by atoms with Gasteiger partial charge >= 0.3 is 0 Å². The van der Waals surface area contributed by atoms with Crippen molar-refractivity contribution in [3.8, 4) is 0 Å². The van der Waals surface area contributed by atoms with E-state index < -0.39 is 23.4 Å². The van der Waals surface area contributed by atoms with Crippen molar-refractivity contribution in [1.29, 1.82) is 0 Å². The van der Waals surface area contributed by atoms with Crippen LogP contribution in [0.3, 0.4) is 0 Å². The van der Waals surface area contributed by atoms with Gasteiger partial charge in [0.2, 0.25) is 0 Å². The molecule has 2 N–H and O–H groups in total. The van der Waals surface area contributed by atoms with Crippen LogP contribution in [0.15, 0.2) is 35.1 Å². The number of nitrogens with one attached hydrogen (secondary N) is 2. The highest BCUT2D eigenvalue weighted by Gasteiger charge is 2.35. The normalized spacial score (nSPS) is 15.5. The molecule has 0 spiro atoms. The van der Waals surface area contributed by atoms with Crippen LogP contribution >= 0.6 is 11.6 Å². The number of hydrogen-bond donors (Lipinski definition) is 2. The number of hydrogen-bond acceptors (Lipinski definition) is 4. The number of carbonyl (C=O) groups excluding carboxylic acids is 1. The van der Waals surface area contributed by atoms with Gasteiger partial charge in [0.25, 0.3) is 11.5 Å². The number of nitrogens with zero attached hydrogens (tertiary/aromatic N) is 2. The number of benzene rings is 2. The first-order valence-corrected chi connectivity index (χ1v) is 10.6. The van der Waals surface area contributed by atoms with Gasteiger partial charge < -0.3 is 15.2 Å². The van der Waals surface area contributed by atoms with E-state index in [2.05, 4.69) is 10.3 Å². The van der Waals surface area contributed by atoms with Crippen molar-refractivity contribution in [3.63, 3.8) is 0 Å². The lowest BCUT2D eigenvalue weighted by Gasteiger charge is -2.39. The summed E-state index contributed by atoms with van der Waals surface area (Å²) in [5.41, 5.74) is 1.73. The molecular formula is C23H18ClF3N4O2. The number of aryl methyl sites for hydroxylation is 1. The lowest BCUT2D eigenvalue weighted by Crippen LogP contribution is -2.46. The SMILES string of the molecule is Cc1cc2c([nH]c1=O)CCNCc1c(ccc(F)c1F)N1CN2C(=O)c2cc(F)c(Cl)cc21. The summed E-state index contributed by atoms with van der Waals surface area (Å²) >= 11 is 6.02. The van der Waals surface area contributed by atoms with E-state index in [0.717, 1.165) is 12.1 Å². The molecule has 2 aliphatic heterocycles. The number of aromatic amines is 1. The second kappa shape index (κ2) is 7.93. The third kappa shape index (κ3) is 3.48. The molecule has 0 saturated carbocycles. The summed E-state index contributed by atoms with van der Waals surface area (Å²) in [6, 6.07) is 6.37. The minimum atomic E-state index is -1.01. The van der Waals surface area contributed by atoms with Crippen molar-refractivity contribution in [2.75, 3.05) is 23.0 Å². The topological polar surface area (TPSA) is 68.4 Å². The standard InChI is InChI=1S/C23H18ClF3N4O2/c1-11-6-20-17(29-22(11)32)4-5-28-9-13-18(3-2-15(25)21(13)27)30-10-31(20)23(33)12-7-16(26)14(24)8-19(12)30/h2-3,6-8,28H,4-5,9-10H2,1H3,(H,29,32). The summed E-state index contributed by atoms with van der Waals surface area (Å²) in [6.07, 6.45) is 0.322. The Morgan fingerprint density at radius 3 is 2.55 bits per heavy atom. The number of H-pyrrole nitrogens is 1. The minimum Gasteiger partial charge on any atom is -0.324 e. The van der Waals surface area contributed by atoms with Gasteiger partial charge in [0.05, 0.1) is 27.6 Å². The van der Waals surface area contributed by atoms with E-state index in [1.54, 1.807) is 17.9 Å². The van der Waals surface area contributed by atoms with Gasteiger partial charge in [0.15, 0.2) is 11.6 Å². The maximum atomic E-state index is 14.9. The van der Waals surface area contributed by atoms with Crippen LogP contribution in [0.5, 0.6) is 0 Å². The van der Waals surface area contributed by atoms with Crippen LogP contribution in [-0.4, -0.2) is 24.1 Å². The van der Waals surface area contributed by atoms with Crippen LogP contribution in [0.1, 0.15) is 27.2 Å². The molecule has 0 unspecified atom stereocenters. The van der Waals surface area contributed by atoms with Gasteiger partial charge in [-0.3, -0.25) is 14.5 Å². The monoisotopic (exact) mass is 474 g/mol. The molecule has 170 valence electrons. The van der Waals surface area contributed by atoms with E-state index in [0.29, 0.717) is 35.6 Å². The summed E-state index contributed by atoms with van der Waals surface area (Å²) in [4.78, 5) is 31.5. The molecule has 1 aromatic heterocycles. The Hall–Kier alpha value is -3.30. The first-order chi connectivity index (χ1) is 15.8. The number of rotatable bonds is 0. The van der Waals surface area contributed by atoms with E-state index in [1.807, 2.05) is 0 Å². The van der Waals surface area contributed by atoms with Crippen molar-refractivity contribution in [2.24, 2.45) is 0 Å². The highest BCUT2D eigenvalue weighted by atomic mass is 35.5. The number of amides is 1. The summed E-state index contributed by atoms with van der Waals surface area (Å²) in [7, 11) is 0. The van der Waals surface area contributed by atoms with E-state index >= 15 is 0 Å². The van der Waals surface area contributed by atoms with Crippen molar-refractivity contribution < 1.29 is 18.0 Å². The Kier molecular flexibility index (Phi) is 5.18.